The SMILES string of the molecule is CC(C)(C)NCCOCC(C)(C)NCCCCCO. The largest absolute Gasteiger partial charge is 0.396 e. The number of hydrogen-bond acceptors (Lipinski definition) is 4. The molecule has 0 heterocycles. The van der Waals surface area contributed by atoms with Crippen LogP contribution < -0.4 is 10.6 Å². The van der Waals surface area contributed by atoms with Crippen LogP contribution in [0.2, 0.25) is 0 Å². The molecule has 0 amide bonds. The van der Waals surface area contributed by atoms with Gasteiger partial charge in [0.05, 0.1) is 13.2 Å². The maximum atomic E-state index is 8.70. The molecule has 0 aromatic rings. The smallest absolute Gasteiger partial charge is 0.0643 e. The zero-order chi connectivity index (χ0) is 14.8. The average Bonchev–Trinajstić information content (AvgIpc) is 2.26. The van der Waals surface area contributed by atoms with Gasteiger partial charge < -0.3 is 20.5 Å². The first-order chi connectivity index (χ1) is 8.77. The van der Waals surface area contributed by atoms with Gasteiger partial charge in [0.2, 0.25) is 0 Å². The van der Waals surface area contributed by atoms with Crippen molar-refractivity contribution in [3.63, 3.8) is 0 Å². The van der Waals surface area contributed by atoms with Crippen LogP contribution in [0, 0.1) is 0 Å². The standard InChI is InChI=1S/C15H34N2O2/c1-14(2,3)16-10-12-19-13-15(4,5)17-9-7-6-8-11-18/h16-18H,6-13H2,1-5H3. The first-order valence-electron chi connectivity index (χ1n) is 7.45. The van der Waals surface area contributed by atoms with E-state index >= 15 is 0 Å². The third kappa shape index (κ3) is 14.1. The second-order valence-electron chi connectivity index (χ2n) is 6.82. The van der Waals surface area contributed by atoms with Gasteiger partial charge in [-0.15, -0.1) is 0 Å². The van der Waals surface area contributed by atoms with E-state index in [9.17, 15) is 0 Å². The summed E-state index contributed by atoms with van der Waals surface area (Å²) in [6, 6.07) is 0. The van der Waals surface area contributed by atoms with Crippen molar-refractivity contribution in [1.82, 2.24) is 10.6 Å². The molecule has 0 spiro atoms. The molecule has 0 atom stereocenters. The fourth-order valence-electron chi connectivity index (χ4n) is 1.72. The Hall–Kier alpha value is -0.160. The lowest BCUT2D eigenvalue weighted by Crippen LogP contribution is -2.45. The third-order valence-electron chi connectivity index (χ3n) is 2.80. The van der Waals surface area contributed by atoms with E-state index in [0.717, 1.165) is 45.6 Å². The molecular formula is C15H34N2O2. The highest BCUT2D eigenvalue weighted by molar-refractivity contribution is 4.77. The Kier molecular flexibility index (Phi) is 9.62. The number of aliphatic hydroxyl groups excluding tert-OH is 1. The Balaban J connectivity index is 3.51. The normalized spacial score (nSPS) is 12.9. The van der Waals surface area contributed by atoms with E-state index in [4.69, 9.17) is 9.84 Å². The number of nitrogens with one attached hydrogen (secondary N) is 2. The molecule has 0 fully saturated rings. The van der Waals surface area contributed by atoms with Gasteiger partial charge >= 0.3 is 0 Å². The Morgan fingerprint density at radius 1 is 0.895 bits per heavy atom. The molecule has 0 unspecified atom stereocenters. The topological polar surface area (TPSA) is 53.5 Å². The van der Waals surface area contributed by atoms with Gasteiger partial charge in [-0.2, -0.15) is 0 Å². The number of rotatable bonds is 11. The minimum Gasteiger partial charge on any atom is -0.396 e. The minimum atomic E-state index is 0.0148. The Morgan fingerprint density at radius 2 is 1.58 bits per heavy atom. The molecule has 0 aliphatic heterocycles. The molecule has 0 aromatic carbocycles. The molecule has 3 N–H and O–H groups in total. The summed E-state index contributed by atoms with van der Waals surface area (Å²) < 4.78 is 5.71. The molecular weight excluding hydrogens is 240 g/mol. The monoisotopic (exact) mass is 274 g/mol. The molecule has 0 aliphatic carbocycles. The van der Waals surface area contributed by atoms with Crippen molar-refractivity contribution in [2.45, 2.75) is 65.0 Å². The van der Waals surface area contributed by atoms with Crippen molar-refractivity contribution in [3.8, 4) is 0 Å². The predicted molar refractivity (Wildman–Crippen MR) is 81.6 cm³/mol. The number of ether oxygens (including phenoxy) is 1. The summed E-state index contributed by atoms with van der Waals surface area (Å²) in [6.45, 7) is 14.4. The number of aliphatic hydroxyl groups is 1. The van der Waals surface area contributed by atoms with Crippen molar-refractivity contribution >= 4 is 0 Å². The van der Waals surface area contributed by atoms with Crippen molar-refractivity contribution in [3.05, 3.63) is 0 Å². The van der Waals surface area contributed by atoms with Gasteiger partial charge in [0.1, 0.15) is 0 Å². The predicted octanol–water partition coefficient (Wildman–Crippen LogP) is 1.92. The van der Waals surface area contributed by atoms with E-state index in [0.29, 0.717) is 6.61 Å². The van der Waals surface area contributed by atoms with Crippen LogP contribution in [0.3, 0.4) is 0 Å². The zero-order valence-corrected chi connectivity index (χ0v) is 13.5. The highest BCUT2D eigenvalue weighted by atomic mass is 16.5. The van der Waals surface area contributed by atoms with E-state index in [1.165, 1.54) is 0 Å². The summed E-state index contributed by atoms with van der Waals surface area (Å²) in [7, 11) is 0. The summed E-state index contributed by atoms with van der Waals surface area (Å²) in [6.07, 6.45) is 3.09. The van der Waals surface area contributed by atoms with E-state index in [2.05, 4.69) is 45.3 Å². The fourth-order valence-corrected chi connectivity index (χ4v) is 1.72. The van der Waals surface area contributed by atoms with Crippen LogP contribution >= 0.6 is 0 Å². The van der Waals surface area contributed by atoms with Gasteiger partial charge in [-0.05, 0) is 60.4 Å². The molecule has 4 heteroatoms. The van der Waals surface area contributed by atoms with Crippen molar-refractivity contribution < 1.29 is 9.84 Å². The first-order valence-corrected chi connectivity index (χ1v) is 7.45. The van der Waals surface area contributed by atoms with Gasteiger partial charge in [-0.25, -0.2) is 0 Å². The zero-order valence-electron chi connectivity index (χ0n) is 13.5. The lowest BCUT2D eigenvalue weighted by Gasteiger charge is -2.27. The lowest BCUT2D eigenvalue weighted by molar-refractivity contribution is 0.0811. The Labute approximate surface area is 119 Å². The summed E-state index contributed by atoms with van der Waals surface area (Å²) >= 11 is 0. The maximum Gasteiger partial charge on any atom is 0.0643 e. The van der Waals surface area contributed by atoms with Gasteiger partial charge in [0.15, 0.2) is 0 Å². The molecule has 4 nitrogen and oxygen atoms in total. The molecule has 0 aromatic heterocycles. The molecule has 0 saturated heterocycles. The summed E-state index contributed by atoms with van der Waals surface area (Å²) in [5.74, 6) is 0. The van der Waals surface area contributed by atoms with E-state index in [-0.39, 0.29) is 11.1 Å². The van der Waals surface area contributed by atoms with Crippen LogP contribution in [0.4, 0.5) is 0 Å². The van der Waals surface area contributed by atoms with Crippen molar-refractivity contribution in [2.75, 3.05) is 32.9 Å². The molecule has 19 heavy (non-hydrogen) atoms. The summed E-state index contributed by atoms with van der Waals surface area (Å²) in [5.41, 5.74) is 0.171. The maximum absolute atomic E-state index is 8.70. The Bertz CT molecular complexity index is 213. The highest BCUT2D eigenvalue weighted by Crippen LogP contribution is 2.04. The van der Waals surface area contributed by atoms with E-state index < -0.39 is 0 Å². The van der Waals surface area contributed by atoms with Crippen molar-refractivity contribution in [2.24, 2.45) is 0 Å². The quantitative estimate of drug-likeness (QED) is 0.504. The highest BCUT2D eigenvalue weighted by Gasteiger charge is 2.16. The van der Waals surface area contributed by atoms with Gasteiger partial charge in [-0.3, -0.25) is 0 Å². The second-order valence-corrected chi connectivity index (χ2v) is 6.82. The van der Waals surface area contributed by atoms with E-state index in [1.807, 2.05) is 0 Å². The van der Waals surface area contributed by atoms with Gasteiger partial charge in [0, 0.05) is 24.2 Å². The van der Waals surface area contributed by atoms with Crippen molar-refractivity contribution in [1.29, 1.82) is 0 Å². The molecule has 116 valence electrons. The summed E-state index contributed by atoms with van der Waals surface area (Å²) in [5, 5.41) is 15.6. The molecule has 0 saturated carbocycles. The van der Waals surface area contributed by atoms with Crippen LogP contribution in [0.25, 0.3) is 0 Å². The van der Waals surface area contributed by atoms with Crippen LogP contribution in [-0.2, 0) is 4.74 Å². The van der Waals surface area contributed by atoms with Crippen LogP contribution in [0.5, 0.6) is 0 Å². The van der Waals surface area contributed by atoms with Gasteiger partial charge in [0.25, 0.3) is 0 Å². The molecule has 0 radical (unpaired) electrons. The first kappa shape index (κ1) is 18.8. The van der Waals surface area contributed by atoms with E-state index in [1.54, 1.807) is 0 Å². The second kappa shape index (κ2) is 9.70. The molecule has 0 bridgehead atoms. The third-order valence-corrected chi connectivity index (χ3v) is 2.80. The van der Waals surface area contributed by atoms with Crippen LogP contribution in [0.1, 0.15) is 53.9 Å². The number of unbranched alkanes of at least 4 members (excludes halogenated alkanes) is 2. The average molecular weight is 274 g/mol. The lowest BCUT2D eigenvalue weighted by atomic mass is 10.1. The summed E-state index contributed by atoms with van der Waals surface area (Å²) in [4.78, 5) is 0. The van der Waals surface area contributed by atoms with Crippen LogP contribution in [-0.4, -0.2) is 49.1 Å². The molecule has 0 aliphatic rings. The van der Waals surface area contributed by atoms with Gasteiger partial charge in [-0.1, -0.05) is 0 Å². The number of hydrogen-bond donors (Lipinski definition) is 3. The fraction of sp³-hybridized carbons (Fsp3) is 1.00. The minimum absolute atomic E-state index is 0.0148. The molecule has 0 rings (SSSR count). The Morgan fingerprint density at radius 3 is 2.16 bits per heavy atom. The van der Waals surface area contributed by atoms with Crippen LogP contribution in [0.15, 0.2) is 0 Å².